The third-order valence-corrected chi connectivity index (χ3v) is 4.46. The molecule has 0 radical (unpaired) electrons. The van der Waals surface area contributed by atoms with Gasteiger partial charge in [0.15, 0.2) is 5.78 Å². The Morgan fingerprint density at radius 3 is 2.45 bits per heavy atom. The van der Waals surface area contributed by atoms with Crippen molar-refractivity contribution in [3.05, 3.63) is 87.5 Å². The molecule has 0 saturated heterocycles. The third-order valence-electron chi connectivity index (χ3n) is 4.23. The minimum absolute atomic E-state index is 0.0825. The maximum atomic E-state index is 12.9. The average Bonchev–Trinajstić information content (AvgIpc) is 2.88. The molecular weight excluding hydrogens is 292 g/mol. The summed E-state index contributed by atoms with van der Waals surface area (Å²) in [4.78, 5) is 12.9. The van der Waals surface area contributed by atoms with E-state index in [4.69, 9.17) is 11.6 Å². The second kappa shape index (κ2) is 4.82. The highest BCUT2D eigenvalue weighted by molar-refractivity contribution is 6.39. The summed E-state index contributed by atoms with van der Waals surface area (Å²) in [6.45, 7) is 1.98. The van der Waals surface area contributed by atoms with E-state index in [1.54, 1.807) is 0 Å². The summed E-state index contributed by atoms with van der Waals surface area (Å²) in [5.74, 6) is 0.0825. The van der Waals surface area contributed by atoms with Crippen molar-refractivity contribution in [2.75, 3.05) is 0 Å². The molecule has 2 heteroatoms. The maximum Gasteiger partial charge on any atom is 0.194 e. The largest absolute Gasteiger partial charge is 0.289 e. The molecule has 0 fully saturated rings. The highest BCUT2D eigenvalue weighted by atomic mass is 35.5. The normalized spacial score (nSPS) is 15.7. The predicted molar refractivity (Wildman–Crippen MR) is 91.6 cm³/mol. The number of halogens is 1. The number of hydrogen-bond acceptors (Lipinski definition) is 1. The monoisotopic (exact) mass is 304 g/mol. The molecule has 0 aliphatic heterocycles. The molecule has 0 amide bonds. The van der Waals surface area contributed by atoms with Crippen molar-refractivity contribution in [2.24, 2.45) is 0 Å². The highest BCUT2D eigenvalue weighted by Crippen LogP contribution is 2.41. The van der Waals surface area contributed by atoms with E-state index in [9.17, 15) is 4.79 Å². The lowest BCUT2D eigenvalue weighted by Gasteiger charge is -2.16. The summed E-state index contributed by atoms with van der Waals surface area (Å²) in [6, 6.07) is 13.7. The van der Waals surface area contributed by atoms with E-state index in [0.29, 0.717) is 5.02 Å². The van der Waals surface area contributed by atoms with E-state index >= 15 is 0 Å². The van der Waals surface area contributed by atoms with Crippen LogP contribution in [0, 0.1) is 6.92 Å². The van der Waals surface area contributed by atoms with Crippen molar-refractivity contribution in [3.63, 3.8) is 0 Å². The second-order valence-electron chi connectivity index (χ2n) is 5.59. The fourth-order valence-corrected chi connectivity index (χ4v) is 3.37. The molecular formula is C20H13ClO. The Balaban J connectivity index is 1.85. The van der Waals surface area contributed by atoms with Gasteiger partial charge in [-0.15, -0.1) is 0 Å². The average molecular weight is 305 g/mol. The molecule has 2 aliphatic carbocycles. The highest BCUT2D eigenvalue weighted by Gasteiger charge is 2.29. The van der Waals surface area contributed by atoms with Crippen LogP contribution in [0.1, 0.15) is 22.3 Å². The van der Waals surface area contributed by atoms with Gasteiger partial charge in [-0.05, 0) is 59.0 Å². The topological polar surface area (TPSA) is 17.1 Å². The predicted octanol–water partition coefficient (Wildman–Crippen LogP) is 5.10. The number of aryl methyl sites for hydroxylation is 1. The molecule has 22 heavy (non-hydrogen) atoms. The number of carbonyl (C=O) groups excluding carboxylic acids is 1. The number of Topliss-reactive ketones (excluding diaryl/α,β-unsaturated/α-hetero) is 1. The summed E-state index contributed by atoms with van der Waals surface area (Å²) in [5, 5.41) is 0.689. The molecule has 0 spiro atoms. The van der Waals surface area contributed by atoms with Crippen LogP contribution in [0.25, 0.3) is 17.2 Å². The molecule has 0 aromatic heterocycles. The van der Waals surface area contributed by atoms with Gasteiger partial charge >= 0.3 is 0 Å². The van der Waals surface area contributed by atoms with Crippen molar-refractivity contribution < 1.29 is 4.79 Å². The fourth-order valence-electron chi connectivity index (χ4n) is 3.14. The number of benzene rings is 2. The molecule has 1 nitrogen and oxygen atoms in total. The molecule has 0 bridgehead atoms. The Labute approximate surface area is 134 Å². The Kier molecular flexibility index (Phi) is 2.91. The van der Waals surface area contributed by atoms with Crippen molar-refractivity contribution >= 4 is 34.6 Å². The zero-order chi connectivity index (χ0) is 15.3. The standard InChI is InChI=1S/C20H13ClO/c1-12-10-14(21)6-7-15(12)18-9-8-17-16-5-3-2-4-13(16)11-19(17)20(18)22/h2-11H,1H3. The minimum Gasteiger partial charge on any atom is -0.289 e. The number of hydrogen-bond donors (Lipinski definition) is 0. The zero-order valence-corrected chi connectivity index (χ0v) is 12.8. The fraction of sp³-hybridized carbons (Fsp3) is 0.0500. The van der Waals surface area contributed by atoms with Crippen molar-refractivity contribution in [2.45, 2.75) is 6.92 Å². The lowest BCUT2D eigenvalue weighted by Crippen LogP contribution is -2.09. The number of rotatable bonds is 1. The second-order valence-corrected chi connectivity index (χ2v) is 6.03. The van der Waals surface area contributed by atoms with Crippen LogP contribution < -0.4 is 0 Å². The number of ketones is 1. The van der Waals surface area contributed by atoms with E-state index in [0.717, 1.165) is 39.0 Å². The maximum absolute atomic E-state index is 12.9. The van der Waals surface area contributed by atoms with Gasteiger partial charge in [0.25, 0.3) is 0 Å². The summed E-state index contributed by atoms with van der Waals surface area (Å²) in [6.07, 6.45) is 5.96. The van der Waals surface area contributed by atoms with Crippen molar-refractivity contribution in [3.8, 4) is 0 Å². The SMILES string of the molecule is Cc1cc(Cl)ccc1C1=CC=C2C(=Cc3ccccc32)C1=O. The quantitative estimate of drug-likeness (QED) is 0.716. The van der Waals surface area contributed by atoms with Crippen LogP contribution in [0.3, 0.4) is 0 Å². The van der Waals surface area contributed by atoms with Gasteiger partial charge in [-0.3, -0.25) is 4.79 Å². The van der Waals surface area contributed by atoms with E-state index in [1.165, 1.54) is 0 Å². The lowest BCUT2D eigenvalue weighted by atomic mass is 9.86. The van der Waals surface area contributed by atoms with Crippen LogP contribution in [-0.4, -0.2) is 5.78 Å². The van der Waals surface area contributed by atoms with Gasteiger partial charge in [0.1, 0.15) is 0 Å². The molecule has 0 N–H and O–H groups in total. The molecule has 0 heterocycles. The van der Waals surface area contributed by atoms with Gasteiger partial charge in [-0.1, -0.05) is 48.0 Å². The van der Waals surface area contributed by atoms with Crippen LogP contribution in [0.2, 0.25) is 5.02 Å². The molecule has 0 atom stereocenters. The van der Waals surface area contributed by atoms with Crippen LogP contribution in [-0.2, 0) is 4.79 Å². The lowest BCUT2D eigenvalue weighted by molar-refractivity contribution is -0.110. The van der Waals surface area contributed by atoms with Crippen LogP contribution in [0.4, 0.5) is 0 Å². The Hall–Kier alpha value is -2.38. The third kappa shape index (κ3) is 1.90. The number of allylic oxidation sites excluding steroid dienone is 5. The van der Waals surface area contributed by atoms with Gasteiger partial charge in [0.2, 0.25) is 0 Å². The molecule has 2 aliphatic rings. The van der Waals surface area contributed by atoms with Crippen LogP contribution >= 0.6 is 11.6 Å². The molecule has 2 aromatic rings. The first-order chi connectivity index (χ1) is 10.6. The molecule has 0 unspecified atom stereocenters. The van der Waals surface area contributed by atoms with Gasteiger partial charge in [-0.2, -0.15) is 0 Å². The van der Waals surface area contributed by atoms with E-state index < -0.39 is 0 Å². The van der Waals surface area contributed by atoms with Gasteiger partial charge in [-0.25, -0.2) is 0 Å². The first kappa shape index (κ1) is 13.3. The smallest absolute Gasteiger partial charge is 0.194 e. The molecule has 0 saturated carbocycles. The van der Waals surface area contributed by atoms with Crippen LogP contribution in [0.15, 0.2) is 60.2 Å². The zero-order valence-electron chi connectivity index (χ0n) is 12.1. The summed E-state index contributed by atoms with van der Waals surface area (Å²) < 4.78 is 0. The van der Waals surface area contributed by atoms with Gasteiger partial charge in [0.05, 0.1) is 0 Å². The van der Waals surface area contributed by atoms with Crippen molar-refractivity contribution in [1.29, 1.82) is 0 Å². The van der Waals surface area contributed by atoms with Crippen LogP contribution in [0.5, 0.6) is 0 Å². The molecule has 2 aromatic carbocycles. The first-order valence-electron chi connectivity index (χ1n) is 7.20. The van der Waals surface area contributed by atoms with Gasteiger partial charge in [0, 0.05) is 16.2 Å². The van der Waals surface area contributed by atoms with E-state index in [2.05, 4.69) is 6.07 Å². The first-order valence-corrected chi connectivity index (χ1v) is 7.57. The Morgan fingerprint density at radius 2 is 1.64 bits per heavy atom. The number of fused-ring (bicyclic) bond motifs is 3. The minimum atomic E-state index is 0.0825. The van der Waals surface area contributed by atoms with E-state index in [-0.39, 0.29) is 5.78 Å². The summed E-state index contributed by atoms with van der Waals surface area (Å²) in [7, 11) is 0. The Bertz CT molecular complexity index is 913. The van der Waals surface area contributed by atoms with Crippen molar-refractivity contribution in [1.82, 2.24) is 0 Å². The summed E-state index contributed by atoms with van der Waals surface area (Å²) in [5.41, 5.74) is 6.75. The summed E-state index contributed by atoms with van der Waals surface area (Å²) >= 11 is 6.01. The number of carbonyl (C=O) groups is 1. The molecule has 4 rings (SSSR count). The Morgan fingerprint density at radius 1 is 0.864 bits per heavy atom. The van der Waals surface area contributed by atoms with E-state index in [1.807, 2.05) is 61.5 Å². The molecule has 106 valence electrons. The van der Waals surface area contributed by atoms with Gasteiger partial charge < -0.3 is 0 Å².